The first kappa shape index (κ1) is 44.4. The standard InChI is InChI=1S/C47H70O14/c1-26-10-11-32-34(22-37(54-32)47(52)39(49)28(3)14-20-53-47)55-41(51)29(4)31-9-8-15-45(56-31)17-12-33(57-45)40(50)44(7)24-30(48)38(60-44)35-25-43(6)18-19-46(58-35,61-43)36-13-16-42(5,59-36)23-27(2)21-26/h10-11,21,27-29,31-40,49-50,52H,8-9,12-20,22-25H2,1-7H3/b11-10+,26-21+/t27-,28+,29+,31-,32+,33-,34+,35+,36+,37-,38-,39+,40-,42+,43-,44+,45+,46-,47+/m0/s1. The van der Waals surface area contributed by atoms with Gasteiger partial charge in [-0.05, 0) is 97.8 Å². The van der Waals surface area contributed by atoms with Crippen LogP contribution in [-0.2, 0) is 52.2 Å². The summed E-state index contributed by atoms with van der Waals surface area (Å²) in [4.78, 5) is 28.0. The smallest absolute Gasteiger partial charge is 0.311 e. The van der Waals surface area contributed by atoms with E-state index >= 15 is 0 Å². The van der Waals surface area contributed by atoms with Crippen LogP contribution in [0.5, 0.6) is 0 Å². The van der Waals surface area contributed by atoms with E-state index in [0.717, 1.165) is 37.7 Å². The molecule has 0 aromatic rings. The van der Waals surface area contributed by atoms with E-state index in [1.165, 1.54) is 0 Å². The molecule has 0 aliphatic carbocycles. The summed E-state index contributed by atoms with van der Waals surface area (Å²) in [5.74, 6) is -5.28. The number of aliphatic hydroxyl groups is 3. The van der Waals surface area contributed by atoms with Crippen molar-refractivity contribution in [2.75, 3.05) is 6.61 Å². The van der Waals surface area contributed by atoms with Gasteiger partial charge in [0.2, 0.25) is 5.79 Å². The van der Waals surface area contributed by atoms with Crippen LogP contribution in [0.2, 0.25) is 0 Å². The lowest BCUT2D eigenvalue weighted by Gasteiger charge is -2.47. The van der Waals surface area contributed by atoms with E-state index in [1.54, 1.807) is 13.8 Å². The summed E-state index contributed by atoms with van der Waals surface area (Å²) in [5.41, 5.74) is -1.17. The van der Waals surface area contributed by atoms with Crippen LogP contribution < -0.4 is 0 Å². The van der Waals surface area contributed by atoms with Crippen LogP contribution in [0.15, 0.2) is 23.8 Å². The van der Waals surface area contributed by atoms with Crippen molar-refractivity contribution in [3.63, 3.8) is 0 Å². The zero-order valence-corrected chi connectivity index (χ0v) is 37.2. The van der Waals surface area contributed by atoms with Gasteiger partial charge in [-0.25, -0.2) is 0 Å². The lowest BCUT2D eigenvalue weighted by Crippen LogP contribution is -2.59. The summed E-state index contributed by atoms with van der Waals surface area (Å²) in [5, 5.41) is 34.8. The summed E-state index contributed by atoms with van der Waals surface area (Å²) in [6.07, 6.45) is 6.36. The minimum atomic E-state index is -1.95. The Morgan fingerprint density at radius 3 is 2.34 bits per heavy atom. The van der Waals surface area contributed by atoms with Crippen LogP contribution in [0.3, 0.4) is 0 Å². The van der Waals surface area contributed by atoms with E-state index in [9.17, 15) is 24.9 Å². The third-order valence-corrected chi connectivity index (χ3v) is 15.9. The maximum atomic E-state index is 14.1. The molecular weight excluding hydrogens is 789 g/mol. The highest BCUT2D eigenvalue weighted by Crippen LogP contribution is 2.55. The minimum Gasteiger partial charge on any atom is -0.459 e. The van der Waals surface area contributed by atoms with E-state index in [2.05, 4.69) is 26.8 Å². The minimum absolute atomic E-state index is 0.0222. The van der Waals surface area contributed by atoms with Gasteiger partial charge < -0.3 is 58.0 Å². The Hall–Kier alpha value is -1.82. The zero-order valence-electron chi connectivity index (χ0n) is 37.2. The van der Waals surface area contributed by atoms with Gasteiger partial charge in [0.15, 0.2) is 17.4 Å². The molecule has 342 valence electrons. The summed E-state index contributed by atoms with van der Waals surface area (Å²) in [7, 11) is 0. The van der Waals surface area contributed by atoms with Crippen molar-refractivity contribution in [2.24, 2.45) is 17.8 Å². The second kappa shape index (κ2) is 16.0. The lowest BCUT2D eigenvalue weighted by atomic mass is 9.87. The molecule has 9 aliphatic heterocycles. The first-order valence-electron chi connectivity index (χ1n) is 23.3. The molecule has 2 spiro atoms. The fraction of sp³-hybridized carbons (Fsp3) is 0.872. The Bertz CT molecular complexity index is 1750. The van der Waals surface area contributed by atoms with Crippen molar-refractivity contribution < 1.29 is 67.5 Å². The number of hydrogen-bond acceptors (Lipinski definition) is 14. The summed E-state index contributed by atoms with van der Waals surface area (Å²) >= 11 is 0. The number of hydrogen-bond donors (Lipinski definition) is 3. The molecule has 14 heteroatoms. The molecule has 9 aliphatic rings. The highest BCUT2D eigenvalue weighted by atomic mass is 16.8. The number of rotatable bonds is 1. The molecular formula is C47H70O14. The fourth-order valence-electron chi connectivity index (χ4n) is 12.5. The number of Topliss-reactive ketones (excluding diaryl/α,β-unsaturated/α-hetero) is 1. The number of allylic oxidation sites excluding steroid dienone is 3. The van der Waals surface area contributed by atoms with Crippen LogP contribution in [0.4, 0.5) is 0 Å². The second-order valence-corrected chi connectivity index (χ2v) is 21.3. The van der Waals surface area contributed by atoms with Crippen molar-refractivity contribution >= 4 is 11.8 Å². The average Bonchev–Trinajstić information content (AvgIpc) is 4.02. The molecule has 8 saturated heterocycles. The van der Waals surface area contributed by atoms with Gasteiger partial charge in [0.05, 0.1) is 42.0 Å². The van der Waals surface area contributed by atoms with Gasteiger partial charge in [-0.2, -0.15) is 0 Å². The van der Waals surface area contributed by atoms with Gasteiger partial charge in [-0.3, -0.25) is 9.59 Å². The van der Waals surface area contributed by atoms with Crippen molar-refractivity contribution in [3.8, 4) is 0 Å². The van der Waals surface area contributed by atoms with Crippen molar-refractivity contribution in [3.05, 3.63) is 23.8 Å². The SMILES string of the molecule is CC1=C\[C@H](C)C[C@@]2(C)CC[C@@H](O2)[C@@]23CC[C@@](C)(C[C@@H](O2)[C@H]2O[C@](C)(CC2=O)[C@@H](O)[C@@H]2CC[C@@]4(CCC[C@H](O4)[C@@H](C)C(=O)O[C@@H]4C[C@@H]([C@@]5(O)OCC[C@@H](C)[C@H]5O)O[C@@H]4\C=C\1)O2)O3. The number of aliphatic hydroxyl groups excluding tert-OH is 2. The first-order valence-corrected chi connectivity index (χ1v) is 23.3. The van der Waals surface area contributed by atoms with Crippen LogP contribution in [0.1, 0.15) is 138 Å². The molecule has 14 nitrogen and oxygen atoms in total. The van der Waals surface area contributed by atoms with Gasteiger partial charge >= 0.3 is 5.97 Å². The maximum absolute atomic E-state index is 14.1. The zero-order chi connectivity index (χ0) is 43.3. The molecule has 10 bridgehead atoms. The van der Waals surface area contributed by atoms with Crippen molar-refractivity contribution in [1.29, 1.82) is 0 Å². The Labute approximate surface area is 360 Å². The van der Waals surface area contributed by atoms with E-state index in [-0.39, 0.29) is 43.2 Å². The number of fused-ring (bicyclic) bond motifs is 10. The number of carbonyl (C=O) groups is 2. The molecule has 0 unspecified atom stereocenters. The molecule has 0 amide bonds. The summed E-state index contributed by atoms with van der Waals surface area (Å²) in [6, 6.07) is 0. The van der Waals surface area contributed by atoms with Gasteiger partial charge in [0.1, 0.15) is 48.3 Å². The molecule has 9 heterocycles. The lowest BCUT2D eigenvalue weighted by molar-refractivity contribution is -0.359. The molecule has 9 rings (SSSR count). The highest BCUT2D eigenvalue weighted by Gasteiger charge is 2.65. The Kier molecular flexibility index (Phi) is 11.6. The predicted molar refractivity (Wildman–Crippen MR) is 218 cm³/mol. The quantitative estimate of drug-likeness (QED) is 0.291. The van der Waals surface area contributed by atoms with Gasteiger partial charge in [-0.15, -0.1) is 0 Å². The van der Waals surface area contributed by atoms with Gasteiger partial charge in [0, 0.05) is 38.5 Å². The third-order valence-electron chi connectivity index (χ3n) is 15.9. The van der Waals surface area contributed by atoms with E-state index in [4.69, 9.17) is 42.6 Å². The van der Waals surface area contributed by atoms with Crippen LogP contribution in [-0.4, -0.2) is 129 Å². The van der Waals surface area contributed by atoms with Crippen LogP contribution in [0, 0.1) is 17.8 Å². The average molecular weight is 859 g/mol. The highest BCUT2D eigenvalue weighted by molar-refractivity contribution is 5.86. The summed E-state index contributed by atoms with van der Waals surface area (Å²) < 4.78 is 59.0. The Morgan fingerprint density at radius 1 is 0.754 bits per heavy atom. The predicted octanol–water partition coefficient (Wildman–Crippen LogP) is 5.25. The molecule has 3 N–H and O–H groups in total. The maximum Gasteiger partial charge on any atom is 0.311 e. The van der Waals surface area contributed by atoms with E-state index in [1.807, 2.05) is 26.0 Å². The molecule has 0 aromatic carbocycles. The molecule has 19 atom stereocenters. The summed E-state index contributed by atoms with van der Waals surface area (Å²) in [6.45, 7) is 14.1. The van der Waals surface area contributed by atoms with E-state index < -0.39 is 101 Å². The fourth-order valence-corrected chi connectivity index (χ4v) is 12.5. The monoisotopic (exact) mass is 858 g/mol. The second-order valence-electron chi connectivity index (χ2n) is 21.3. The number of esters is 1. The van der Waals surface area contributed by atoms with Crippen molar-refractivity contribution in [2.45, 2.75) is 234 Å². The van der Waals surface area contributed by atoms with Gasteiger partial charge in [0.25, 0.3) is 0 Å². The Balaban J connectivity index is 1.00. The van der Waals surface area contributed by atoms with Crippen LogP contribution >= 0.6 is 0 Å². The Morgan fingerprint density at radius 2 is 1.54 bits per heavy atom. The number of ketones is 1. The molecule has 0 radical (unpaired) electrons. The normalized spacial score (nSPS) is 55.7. The molecule has 0 aromatic heterocycles. The topological polar surface area (TPSA) is 178 Å². The van der Waals surface area contributed by atoms with Gasteiger partial charge in [-0.1, -0.05) is 37.6 Å². The molecule has 61 heavy (non-hydrogen) atoms. The third kappa shape index (κ3) is 8.14. The molecule has 0 saturated carbocycles. The van der Waals surface area contributed by atoms with Crippen molar-refractivity contribution in [1.82, 2.24) is 0 Å². The van der Waals surface area contributed by atoms with E-state index in [0.29, 0.717) is 44.9 Å². The largest absolute Gasteiger partial charge is 0.459 e. The molecule has 8 fully saturated rings. The van der Waals surface area contributed by atoms with Crippen LogP contribution in [0.25, 0.3) is 0 Å². The first-order chi connectivity index (χ1) is 28.7. The number of carbonyl (C=O) groups excluding carboxylic acids is 2. The number of ether oxygens (including phenoxy) is 9.